The maximum atomic E-state index is 9.81. The van der Waals surface area contributed by atoms with Crippen LogP contribution in [0.15, 0.2) is 22.7 Å². The van der Waals surface area contributed by atoms with Gasteiger partial charge in [-0.2, -0.15) is 4.98 Å². The minimum Gasteiger partial charge on any atom is -0.507 e. The number of aromatic nitrogens is 2. The summed E-state index contributed by atoms with van der Waals surface area (Å²) < 4.78 is 4.86. The molecule has 0 saturated carbocycles. The fourth-order valence-corrected chi connectivity index (χ4v) is 1.58. The van der Waals surface area contributed by atoms with Crippen molar-refractivity contribution in [2.24, 2.45) is 0 Å². The van der Waals surface area contributed by atoms with E-state index in [4.69, 9.17) is 4.52 Å². The molecule has 90 valence electrons. The molecule has 0 spiro atoms. The van der Waals surface area contributed by atoms with Crippen LogP contribution in [-0.4, -0.2) is 15.2 Å². The first kappa shape index (κ1) is 11.6. The predicted molar refractivity (Wildman–Crippen MR) is 62.4 cm³/mol. The second-order valence-corrected chi connectivity index (χ2v) is 3.92. The van der Waals surface area contributed by atoms with Crippen LogP contribution in [0.25, 0.3) is 0 Å². The number of hydrogen-bond acceptors (Lipinski definition) is 5. The van der Waals surface area contributed by atoms with Gasteiger partial charge >= 0.3 is 0 Å². The van der Waals surface area contributed by atoms with Gasteiger partial charge in [0, 0.05) is 19.0 Å². The molecule has 0 radical (unpaired) electrons. The van der Waals surface area contributed by atoms with E-state index in [1.165, 1.54) is 0 Å². The van der Waals surface area contributed by atoms with Crippen LogP contribution in [0.5, 0.6) is 5.75 Å². The highest BCUT2D eigenvalue weighted by molar-refractivity contribution is 5.39. The van der Waals surface area contributed by atoms with Gasteiger partial charge in [0.05, 0.1) is 6.54 Å². The van der Waals surface area contributed by atoms with Gasteiger partial charge < -0.3 is 14.9 Å². The second kappa shape index (κ2) is 4.97. The average molecular weight is 233 g/mol. The number of para-hydroxylation sites is 1. The van der Waals surface area contributed by atoms with Gasteiger partial charge in [-0.25, -0.2) is 0 Å². The Morgan fingerprint density at radius 2 is 2.12 bits per heavy atom. The average Bonchev–Trinajstić information content (AvgIpc) is 2.70. The van der Waals surface area contributed by atoms with Crippen LogP contribution in [0, 0.1) is 13.8 Å². The fraction of sp³-hybridized carbons (Fsp3) is 0.333. The summed E-state index contributed by atoms with van der Waals surface area (Å²) in [5.41, 5.74) is 1.74. The van der Waals surface area contributed by atoms with Gasteiger partial charge in [-0.1, -0.05) is 23.4 Å². The van der Waals surface area contributed by atoms with Crippen molar-refractivity contribution in [2.45, 2.75) is 26.9 Å². The maximum Gasteiger partial charge on any atom is 0.223 e. The van der Waals surface area contributed by atoms with E-state index in [2.05, 4.69) is 15.5 Å². The summed E-state index contributed by atoms with van der Waals surface area (Å²) in [5, 5.41) is 16.7. The Balaban J connectivity index is 1.92. The molecule has 5 heteroatoms. The first-order valence-electron chi connectivity index (χ1n) is 5.44. The Kier molecular flexibility index (Phi) is 3.39. The zero-order valence-electron chi connectivity index (χ0n) is 9.90. The molecule has 0 fully saturated rings. The lowest BCUT2D eigenvalue weighted by Gasteiger charge is -2.07. The fourth-order valence-electron chi connectivity index (χ4n) is 1.58. The van der Waals surface area contributed by atoms with Gasteiger partial charge in [0.25, 0.3) is 0 Å². The first-order valence-corrected chi connectivity index (χ1v) is 5.44. The summed E-state index contributed by atoms with van der Waals surface area (Å²) in [6, 6.07) is 5.68. The smallest absolute Gasteiger partial charge is 0.223 e. The standard InChI is InChI=1S/C12H15N3O2/c1-8-4-3-5-10(12(8)16)6-13-7-11-14-9(2)17-15-11/h3-5,13,16H,6-7H2,1-2H3. The molecule has 1 aromatic carbocycles. The van der Waals surface area contributed by atoms with Crippen LogP contribution in [0.1, 0.15) is 22.8 Å². The molecule has 0 aliphatic rings. The topological polar surface area (TPSA) is 71.2 Å². The molecule has 0 bridgehead atoms. The molecule has 0 unspecified atom stereocenters. The monoisotopic (exact) mass is 233 g/mol. The number of nitrogens with one attached hydrogen (secondary N) is 1. The van der Waals surface area contributed by atoms with Crippen molar-refractivity contribution in [3.63, 3.8) is 0 Å². The number of aromatic hydroxyl groups is 1. The third-order valence-electron chi connectivity index (χ3n) is 2.49. The van der Waals surface area contributed by atoms with Crippen molar-refractivity contribution < 1.29 is 9.63 Å². The molecule has 0 aliphatic carbocycles. The van der Waals surface area contributed by atoms with Gasteiger partial charge in [0.2, 0.25) is 5.89 Å². The number of phenols is 1. The van der Waals surface area contributed by atoms with Crippen molar-refractivity contribution in [1.29, 1.82) is 0 Å². The summed E-state index contributed by atoms with van der Waals surface area (Å²) in [7, 11) is 0. The third kappa shape index (κ3) is 2.82. The molecule has 2 rings (SSSR count). The summed E-state index contributed by atoms with van der Waals surface area (Å²) in [5.74, 6) is 1.51. The molecule has 0 saturated heterocycles. The third-order valence-corrected chi connectivity index (χ3v) is 2.49. The Bertz CT molecular complexity index is 508. The molecule has 2 aromatic rings. The van der Waals surface area contributed by atoms with E-state index in [0.717, 1.165) is 11.1 Å². The zero-order chi connectivity index (χ0) is 12.3. The predicted octanol–water partition coefficient (Wildman–Crippen LogP) is 1.68. The second-order valence-electron chi connectivity index (χ2n) is 3.92. The van der Waals surface area contributed by atoms with Crippen molar-refractivity contribution >= 4 is 0 Å². The molecule has 1 aromatic heterocycles. The highest BCUT2D eigenvalue weighted by atomic mass is 16.5. The van der Waals surface area contributed by atoms with E-state index in [-0.39, 0.29) is 0 Å². The molecule has 5 nitrogen and oxygen atoms in total. The Labute approximate surface area is 99.5 Å². The quantitative estimate of drug-likeness (QED) is 0.840. The Hall–Kier alpha value is -1.88. The Morgan fingerprint density at radius 3 is 2.82 bits per heavy atom. The van der Waals surface area contributed by atoms with Crippen molar-refractivity contribution in [3.8, 4) is 5.75 Å². The van der Waals surface area contributed by atoms with Gasteiger partial charge in [-0.3, -0.25) is 0 Å². The van der Waals surface area contributed by atoms with E-state index in [1.54, 1.807) is 6.92 Å². The highest BCUT2D eigenvalue weighted by Crippen LogP contribution is 2.20. The molecular weight excluding hydrogens is 218 g/mol. The van der Waals surface area contributed by atoms with Gasteiger partial charge in [0.1, 0.15) is 5.75 Å². The van der Waals surface area contributed by atoms with Gasteiger partial charge in [0.15, 0.2) is 5.82 Å². The van der Waals surface area contributed by atoms with Crippen molar-refractivity contribution in [1.82, 2.24) is 15.5 Å². The van der Waals surface area contributed by atoms with E-state index in [1.807, 2.05) is 25.1 Å². The zero-order valence-corrected chi connectivity index (χ0v) is 9.90. The summed E-state index contributed by atoms with van der Waals surface area (Å²) in [6.07, 6.45) is 0. The normalized spacial score (nSPS) is 10.7. The summed E-state index contributed by atoms with van der Waals surface area (Å²) in [4.78, 5) is 4.08. The highest BCUT2D eigenvalue weighted by Gasteiger charge is 2.05. The minimum absolute atomic E-state index is 0.337. The molecule has 1 heterocycles. The van der Waals surface area contributed by atoms with Crippen LogP contribution >= 0.6 is 0 Å². The maximum absolute atomic E-state index is 9.81. The van der Waals surface area contributed by atoms with Gasteiger partial charge in [-0.15, -0.1) is 0 Å². The van der Waals surface area contributed by atoms with E-state index >= 15 is 0 Å². The minimum atomic E-state index is 0.337. The SMILES string of the molecule is Cc1nc(CNCc2cccc(C)c2O)no1. The lowest BCUT2D eigenvalue weighted by Crippen LogP contribution is -2.14. The van der Waals surface area contributed by atoms with Crippen LogP contribution in [0.3, 0.4) is 0 Å². The van der Waals surface area contributed by atoms with Crippen molar-refractivity contribution in [3.05, 3.63) is 41.0 Å². The van der Waals surface area contributed by atoms with Gasteiger partial charge in [-0.05, 0) is 12.5 Å². The number of nitrogens with zero attached hydrogens (tertiary/aromatic N) is 2. The molecule has 2 N–H and O–H groups in total. The molecule has 0 aliphatic heterocycles. The summed E-state index contributed by atoms with van der Waals surface area (Å²) >= 11 is 0. The molecular formula is C12H15N3O2. The van der Waals surface area contributed by atoms with E-state index in [0.29, 0.717) is 30.6 Å². The largest absolute Gasteiger partial charge is 0.507 e. The lowest BCUT2D eigenvalue weighted by atomic mass is 10.1. The number of aryl methyl sites for hydroxylation is 2. The number of rotatable bonds is 4. The van der Waals surface area contributed by atoms with E-state index < -0.39 is 0 Å². The number of hydrogen-bond donors (Lipinski definition) is 2. The van der Waals surface area contributed by atoms with Crippen LogP contribution in [0.2, 0.25) is 0 Å². The first-order chi connectivity index (χ1) is 8.16. The van der Waals surface area contributed by atoms with Crippen molar-refractivity contribution in [2.75, 3.05) is 0 Å². The summed E-state index contributed by atoms with van der Waals surface area (Å²) in [6.45, 7) is 4.72. The molecule has 17 heavy (non-hydrogen) atoms. The Morgan fingerprint density at radius 1 is 1.29 bits per heavy atom. The number of phenolic OH excluding ortho intramolecular Hbond substituents is 1. The molecule has 0 amide bonds. The van der Waals surface area contributed by atoms with Crippen LogP contribution in [0.4, 0.5) is 0 Å². The lowest BCUT2D eigenvalue weighted by molar-refractivity contribution is 0.385. The van der Waals surface area contributed by atoms with Crippen LogP contribution in [-0.2, 0) is 13.1 Å². The van der Waals surface area contributed by atoms with E-state index in [9.17, 15) is 5.11 Å². The molecule has 0 atom stereocenters. The van der Waals surface area contributed by atoms with Crippen LogP contribution < -0.4 is 5.32 Å². The number of benzene rings is 1.